The van der Waals surface area contributed by atoms with Gasteiger partial charge in [-0.2, -0.15) is 0 Å². The second-order valence-electron chi connectivity index (χ2n) is 5.66. The van der Waals surface area contributed by atoms with Gasteiger partial charge >= 0.3 is 0 Å². The van der Waals surface area contributed by atoms with Gasteiger partial charge in [0.1, 0.15) is 5.82 Å². The summed E-state index contributed by atoms with van der Waals surface area (Å²) in [5.41, 5.74) is 2.02. The first kappa shape index (κ1) is 17.5. The molecule has 0 fully saturated rings. The highest BCUT2D eigenvalue weighted by molar-refractivity contribution is 5.85. The van der Waals surface area contributed by atoms with E-state index in [0.29, 0.717) is 6.42 Å². The Labute approximate surface area is 142 Å². The summed E-state index contributed by atoms with van der Waals surface area (Å²) in [7, 11) is 1.94. The van der Waals surface area contributed by atoms with Crippen LogP contribution < -0.4 is 5.32 Å². The van der Waals surface area contributed by atoms with Crippen LogP contribution in [0, 0.1) is 5.82 Å². The highest BCUT2D eigenvalue weighted by atomic mass is 35.5. The summed E-state index contributed by atoms with van der Waals surface area (Å²) in [6.07, 6.45) is 0.700. The molecule has 3 aromatic rings. The van der Waals surface area contributed by atoms with Crippen molar-refractivity contribution in [1.29, 1.82) is 0 Å². The van der Waals surface area contributed by atoms with E-state index < -0.39 is 0 Å². The van der Waals surface area contributed by atoms with Crippen molar-refractivity contribution in [1.82, 2.24) is 5.32 Å². The van der Waals surface area contributed by atoms with Crippen molar-refractivity contribution in [2.75, 3.05) is 13.6 Å². The first-order valence-electron chi connectivity index (χ1n) is 7.64. The summed E-state index contributed by atoms with van der Waals surface area (Å²) in [5.74, 6) is 0.135. The van der Waals surface area contributed by atoms with Gasteiger partial charge in [0.2, 0.25) is 0 Å². The topological polar surface area (TPSA) is 12.0 Å². The van der Waals surface area contributed by atoms with E-state index in [9.17, 15) is 4.39 Å². The van der Waals surface area contributed by atoms with Crippen molar-refractivity contribution in [3.05, 3.63) is 83.7 Å². The molecule has 0 aliphatic carbocycles. The van der Waals surface area contributed by atoms with Crippen LogP contribution in [0.3, 0.4) is 0 Å². The molecule has 0 aliphatic rings. The van der Waals surface area contributed by atoms with Gasteiger partial charge in [0.05, 0.1) is 0 Å². The van der Waals surface area contributed by atoms with E-state index >= 15 is 0 Å². The summed E-state index contributed by atoms with van der Waals surface area (Å²) in [4.78, 5) is 0. The Balaban J connectivity index is 0.00000192. The molecule has 0 aliphatic heterocycles. The minimum atomic E-state index is -0.121. The van der Waals surface area contributed by atoms with Crippen molar-refractivity contribution in [3.8, 4) is 0 Å². The van der Waals surface area contributed by atoms with Gasteiger partial charge in [-0.15, -0.1) is 12.4 Å². The molecule has 1 unspecified atom stereocenters. The van der Waals surface area contributed by atoms with Crippen LogP contribution in [0.25, 0.3) is 10.8 Å². The second kappa shape index (κ2) is 8.09. The molecule has 1 atom stereocenters. The lowest BCUT2D eigenvalue weighted by atomic mass is 9.90. The molecule has 0 spiro atoms. The number of benzene rings is 3. The third-order valence-corrected chi connectivity index (χ3v) is 4.12. The van der Waals surface area contributed by atoms with Gasteiger partial charge in [-0.05, 0) is 41.4 Å². The molecule has 0 saturated heterocycles. The van der Waals surface area contributed by atoms with Gasteiger partial charge in [-0.25, -0.2) is 4.39 Å². The summed E-state index contributed by atoms with van der Waals surface area (Å²) >= 11 is 0. The lowest BCUT2D eigenvalue weighted by Gasteiger charge is -2.18. The number of fused-ring (bicyclic) bond motifs is 1. The van der Waals surface area contributed by atoms with Crippen LogP contribution in [0.4, 0.5) is 4.39 Å². The zero-order chi connectivity index (χ0) is 15.4. The molecule has 0 bridgehead atoms. The first-order valence-corrected chi connectivity index (χ1v) is 7.64. The van der Waals surface area contributed by atoms with Crippen molar-refractivity contribution >= 4 is 23.2 Å². The van der Waals surface area contributed by atoms with E-state index in [1.54, 1.807) is 6.07 Å². The maximum absolute atomic E-state index is 13.9. The number of nitrogens with one attached hydrogen (secondary N) is 1. The summed E-state index contributed by atoms with van der Waals surface area (Å²) < 4.78 is 13.9. The molecule has 0 saturated carbocycles. The largest absolute Gasteiger partial charge is 0.319 e. The molecule has 0 radical (unpaired) electrons. The number of halogens is 2. The predicted octanol–water partition coefficient (Wildman–Crippen LogP) is 4.95. The molecule has 3 rings (SSSR count). The first-order chi connectivity index (χ1) is 10.8. The summed E-state index contributed by atoms with van der Waals surface area (Å²) in [6.45, 7) is 0.826. The SMILES string of the molecule is CNCC(Cc1ccccc1F)c1ccc2ccccc2c1.Cl. The van der Waals surface area contributed by atoms with E-state index in [0.717, 1.165) is 12.1 Å². The molecule has 1 nitrogen and oxygen atoms in total. The normalized spacial score (nSPS) is 11.9. The van der Waals surface area contributed by atoms with Gasteiger partial charge in [-0.3, -0.25) is 0 Å². The van der Waals surface area contributed by atoms with E-state index in [1.165, 1.54) is 22.4 Å². The van der Waals surface area contributed by atoms with E-state index in [4.69, 9.17) is 0 Å². The third-order valence-electron chi connectivity index (χ3n) is 4.12. The van der Waals surface area contributed by atoms with E-state index in [2.05, 4.69) is 41.7 Å². The number of hydrogen-bond acceptors (Lipinski definition) is 1. The van der Waals surface area contributed by atoms with Crippen LogP contribution in [0.15, 0.2) is 66.7 Å². The standard InChI is InChI=1S/C20H20FN.ClH/c1-22-14-19(13-18-8-4-5-9-20(18)21)17-11-10-15-6-2-3-7-16(15)12-17;/h2-12,19,22H,13-14H2,1H3;1H. The zero-order valence-corrected chi connectivity index (χ0v) is 13.9. The number of likely N-dealkylation sites (N-methyl/N-ethyl adjacent to an activating group) is 1. The lowest BCUT2D eigenvalue weighted by molar-refractivity contribution is 0.575. The Bertz CT molecular complexity index is 772. The number of rotatable bonds is 5. The predicted molar refractivity (Wildman–Crippen MR) is 98.0 cm³/mol. The van der Waals surface area contributed by atoms with Crippen LogP contribution in [-0.4, -0.2) is 13.6 Å². The molecular formula is C20H21ClFN. The number of hydrogen-bond donors (Lipinski definition) is 1. The van der Waals surface area contributed by atoms with Gasteiger partial charge in [0, 0.05) is 12.5 Å². The van der Waals surface area contributed by atoms with Crippen molar-refractivity contribution in [2.24, 2.45) is 0 Å². The van der Waals surface area contributed by atoms with Gasteiger partial charge in [0.15, 0.2) is 0 Å². The molecule has 23 heavy (non-hydrogen) atoms. The highest BCUT2D eigenvalue weighted by Gasteiger charge is 2.14. The Morgan fingerprint density at radius 2 is 1.61 bits per heavy atom. The zero-order valence-electron chi connectivity index (χ0n) is 13.1. The van der Waals surface area contributed by atoms with E-state index in [-0.39, 0.29) is 24.1 Å². The van der Waals surface area contributed by atoms with Gasteiger partial charge in [-0.1, -0.05) is 60.7 Å². The van der Waals surface area contributed by atoms with Gasteiger partial charge in [0.25, 0.3) is 0 Å². The van der Waals surface area contributed by atoms with Crippen molar-refractivity contribution in [2.45, 2.75) is 12.3 Å². The van der Waals surface area contributed by atoms with Crippen LogP contribution in [0.2, 0.25) is 0 Å². The summed E-state index contributed by atoms with van der Waals surface area (Å²) in [5, 5.41) is 5.70. The maximum Gasteiger partial charge on any atom is 0.126 e. The van der Waals surface area contributed by atoms with Crippen molar-refractivity contribution < 1.29 is 4.39 Å². The minimum Gasteiger partial charge on any atom is -0.319 e. The average Bonchev–Trinajstić information content (AvgIpc) is 2.56. The smallest absolute Gasteiger partial charge is 0.126 e. The fourth-order valence-electron chi connectivity index (χ4n) is 2.95. The molecule has 1 N–H and O–H groups in total. The molecule has 0 aromatic heterocycles. The fraction of sp³-hybridized carbons (Fsp3) is 0.200. The Morgan fingerprint density at radius 1 is 0.913 bits per heavy atom. The molecule has 0 heterocycles. The monoisotopic (exact) mass is 329 g/mol. The Kier molecular flexibility index (Phi) is 6.14. The van der Waals surface area contributed by atoms with Crippen LogP contribution in [0.1, 0.15) is 17.0 Å². The molecular weight excluding hydrogens is 309 g/mol. The second-order valence-corrected chi connectivity index (χ2v) is 5.66. The Morgan fingerprint density at radius 3 is 2.35 bits per heavy atom. The van der Waals surface area contributed by atoms with E-state index in [1.807, 2.05) is 25.2 Å². The molecule has 0 amide bonds. The maximum atomic E-state index is 13.9. The van der Waals surface area contributed by atoms with Crippen LogP contribution in [0.5, 0.6) is 0 Å². The molecule has 3 heteroatoms. The minimum absolute atomic E-state index is 0. The molecule has 3 aromatic carbocycles. The molecule has 120 valence electrons. The highest BCUT2D eigenvalue weighted by Crippen LogP contribution is 2.25. The van der Waals surface area contributed by atoms with Crippen LogP contribution in [-0.2, 0) is 6.42 Å². The Hall–Kier alpha value is -1.90. The summed E-state index contributed by atoms with van der Waals surface area (Å²) in [6, 6.07) is 21.9. The lowest BCUT2D eigenvalue weighted by Crippen LogP contribution is -2.19. The fourth-order valence-corrected chi connectivity index (χ4v) is 2.95. The van der Waals surface area contributed by atoms with Crippen LogP contribution >= 0.6 is 12.4 Å². The third kappa shape index (κ3) is 4.10. The van der Waals surface area contributed by atoms with Crippen molar-refractivity contribution in [3.63, 3.8) is 0 Å². The quantitative estimate of drug-likeness (QED) is 0.698. The van der Waals surface area contributed by atoms with Gasteiger partial charge < -0.3 is 5.32 Å². The average molecular weight is 330 g/mol.